The van der Waals surface area contributed by atoms with Gasteiger partial charge in [-0.2, -0.15) is 0 Å². The molecule has 0 fully saturated rings. The van der Waals surface area contributed by atoms with Crippen molar-refractivity contribution in [1.82, 2.24) is 25.2 Å². The molecule has 7 heteroatoms. The number of hydrogen-bond donors (Lipinski definition) is 2. The molecule has 138 valence electrons. The van der Waals surface area contributed by atoms with E-state index in [1.165, 1.54) is 4.88 Å². The Kier molecular flexibility index (Phi) is 5.88. The Labute approximate surface area is 158 Å². The number of aliphatic imine (C=N–C) groups is 1. The number of aromatic nitrogens is 3. The lowest BCUT2D eigenvalue weighted by Gasteiger charge is -2.21. The zero-order valence-corrected chi connectivity index (χ0v) is 16.4. The molecule has 26 heavy (non-hydrogen) atoms. The smallest absolute Gasteiger partial charge is 0.191 e. The molecule has 0 aliphatic carbocycles. The third-order valence-corrected chi connectivity index (χ3v) is 5.43. The fourth-order valence-electron chi connectivity index (χ4n) is 2.71. The first kappa shape index (κ1) is 18.4. The van der Waals surface area contributed by atoms with Crippen LogP contribution in [0.2, 0.25) is 0 Å². The minimum absolute atomic E-state index is 0.0275. The summed E-state index contributed by atoms with van der Waals surface area (Å²) in [6.45, 7) is 8.85. The molecule has 3 heterocycles. The monoisotopic (exact) mass is 370 g/mol. The predicted molar refractivity (Wildman–Crippen MR) is 108 cm³/mol. The van der Waals surface area contributed by atoms with Gasteiger partial charge in [-0.15, -0.1) is 21.5 Å². The Morgan fingerprint density at radius 3 is 2.85 bits per heavy atom. The largest absolute Gasteiger partial charge is 0.357 e. The van der Waals surface area contributed by atoms with Gasteiger partial charge in [-0.25, -0.2) is 0 Å². The van der Waals surface area contributed by atoms with Gasteiger partial charge in [0.15, 0.2) is 11.6 Å². The van der Waals surface area contributed by atoms with Gasteiger partial charge in [-0.1, -0.05) is 26.0 Å². The van der Waals surface area contributed by atoms with Gasteiger partial charge in [0.25, 0.3) is 0 Å². The maximum Gasteiger partial charge on any atom is 0.191 e. The van der Waals surface area contributed by atoms with E-state index in [9.17, 15) is 0 Å². The molecule has 0 aliphatic rings. The molecule has 0 saturated carbocycles. The second kappa shape index (κ2) is 8.31. The highest BCUT2D eigenvalue weighted by Crippen LogP contribution is 2.27. The quantitative estimate of drug-likeness (QED) is 0.496. The third-order valence-electron chi connectivity index (χ3n) is 4.19. The summed E-state index contributed by atoms with van der Waals surface area (Å²) in [7, 11) is 0. The van der Waals surface area contributed by atoms with Crippen LogP contribution in [-0.4, -0.2) is 40.2 Å². The second-order valence-corrected chi connectivity index (χ2v) is 7.73. The van der Waals surface area contributed by atoms with Crippen LogP contribution in [0.4, 0.5) is 0 Å². The number of thiophene rings is 1. The Bertz CT molecular complexity index is 850. The molecule has 0 aromatic carbocycles. The van der Waals surface area contributed by atoms with Gasteiger partial charge in [0.2, 0.25) is 0 Å². The number of nitrogens with one attached hydrogen (secondary N) is 2. The molecule has 0 aliphatic heterocycles. The van der Waals surface area contributed by atoms with E-state index in [-0.39, 0.29) is 5.41 Å². The van der Waals surface area contributed by atoms with Crippen LogP contribution < -0.4 is 10.6 Å². The van der Waals surface area contributed by atoms with Crippen molar-refractivity contribution in [3.63, 3.8) is 0 Å². The number of hydrogen-bond acceptors (Lipinski definition) is 4. The minimum atomic E-state index is 0.0275. The molecule has 0 saturated heterocycles. The summed E-state index contributed by atoms with van der Waals surface area (Å²) in [5, 5.41) is 17.3. The van der Waals surface area contributed by atoms with Gasteiger partial charge >= 0.3 is 0 Å². The van der Waals surface area contributed by atoms with Crippen LogP contribution in [0.3, 0.4) is 0 Å². The zero-order chi connectivity index (χ0) is 18.4. The number of fused-ring (bicyclic) bond motifs is 1. The summed E-state index contributed by atoms with van der Waals surface area (Å²) < 4.78 is 2.02. The molecular weight excluding hydrogens is 344 g/mol. The maximum atomic E-state index is 4.78. The van der Waals surface area contributed by atoms with Crippen LogP contribution in [0.5, 0.6) is 0 Å². The Balaban J connectivity index is 1.59. The Hall–Kier alpha value is -2.41. The molecule has 2 N–H and O–H groups in total. The number of pyridine rings is 1. The molecule has 0 spiro atoms. The summed E-state index contributed by atoms with van der Waals surface area (Å²) in [5.74, 6) is 1.79. The third kappa shape index (κ3) is 4.40. The molecule has 3 aromatic rings. The van der Waals surface area contributed by atoms with Crippen molar-refractivity contribution in [3.05, 3.63) is 52.6 Å². The normalized spacial score (nSPS) is 12.5. The van der Waals surface area contributed by atoms with E-state index in [1.807, 2.05) is 28.8 Å². The highest BCUT2D eigenvalue weighted by atomic mass is 32.1. The molecular formula is C19H26N6S. The minimum Gasteiger partial charge on any atom is -0.357 e. The van der Waals surface area contributed by atoms with Crippen molar-refractivity contribution in [1.29, 1.82) is 0 Å². The van der Waals surface area contributed by atoms with Crippen LogP contribution >= 0.6 is 11.3 Å². The summed E-state index contributed by atoms with van der Waals surface area (Å²) >= 11 is 1.78. The summed E-state index contributed by atoms with van der Waals surface area (Å²) in [4.78, 5) is 6.13. The number of nitrogens with zero attached hydrogens (tertiary/aromatic N) is 4. The Morgan fingerprint density at radius 2 is 2.08 bits per heavy atom. The van der Waals surface area contributed by atoms with Gasteiger partial charge in [0.1, 0.15) is 5.82 Å². The lowest BCUT2D eigenvalue weighted by atomic mass is 9.92. The van der Waals surface area contributed by atoms with E-state index in [4.69, 9.17) is 4.99 Å². The van der Waals surface area contributed by atoms with Crippen molar-refractivity contribution >= 4 is 22.9 Å². The van der Waals surface area contributed by atoms with Gasteiger partial charge in [-0.05, 0) is 30.5 Å². The molecule has 0 atom stereocenters. The molecule has 3 aromatic heterocycles. The molecule has 6 nitrogen and oxygen atoms in total. The van der Waals surface area contributed by atoms with Crippen molar-refractivity contribution in [2.75, 3.05) is 19.6 Å². The van der Waals surface area contributed by atoms with E-state index in [0.29, 0.717) is 0 Å². The van der Waals surface area contributed by atoms with Crippen LogP contribution in [0.1, 0.15) is 31.5 Å². The van der Waals surface area contributed by atoms with E-state index < -0.39 is 0 Å². The second-order valence-electron chi connectivity index (χ2n) is 6.78. The molecule has 0 bridgehead atoms. The topological polar surface area (TPSA) is 66.6 Å². The van der Waals surface area contributed by atoms with E-state index >= 15 is 0 Å². The predicted octanol–water partition coefficient (Wildman–Crippen LogP) is 2.87. The van der Waals surface area contributed by atoms with Gasteiger partial charge in [-0.3, -0.25) is 9.39 Å². The lowest BCUT2D eigenvalue weighted by Crippen LogP contribution is -2.39. The summed E-state index contributed by atoms with van der Waals surface area (Å²) in [6.07, 6.45) is 2.78. The number of guanidine groups is 1. The summed E-state index contributed by atoms with van der Waals surface area (Å²) in [6, 6.07) is 10.2. The van der Waals surface area contributed by atoms with Gasteiger partial charge in [0.05, 0.1) is 6.54 Å². The molecule has 0 radical (unpaired) electrons. The van der Waals surface area contributed by atoms with Crippen molar-refractivity contribution in [2.24, 2.45) is 4.99 Å². The average Bonchev–Trinajstić information content (AvgIpc) is 3.30. The number of rotatable bonds is 7. The SMILES string of the molecule is CCNC(=NCC(C)(C)c1cccs1)NCCc1nnc2ccccn12. The van der Waals surface area contributed by atoms with Crippen LogP contribution in [0, 0.1) is 0 Å². The van der Waals surface area contributed by atoms with Crippen molar-refractivity contribution < 1.29 is 0 Å². The Morgan fingerprint density at radius 1 is 1.19 bits per heavy atom. The van der Waals surface area contributed by atoms with Gasteiger partial charge < -0.3 is 10.6 Å². The first-order valence-electron chi connectivity index (χ1n) is 8.95. The fraction of sp³-hybridized carbons (Fsp3) is 0.421. The highest BCUT2D eigenvalue weighted by Gasteiger charge is 2.21. The first-order chi connectivity index (χ1) is 12.6. The average molecular weight is 371 g/mol. The summed E-state index contributed by atoms with van der Waals surface area (Å²) in [5.41, 5.74) is 0.903. The standard InChI is InChI=1S/C19H26N6S/c1-4-20-18(22-14-19(2,3)15-8-7-13-26-15)21-11-10-17-24-23-16-9-5-6-12-25(16)17/h5-9,12-13H,4,10-11,14H2,1-3H3,(H2,20,21,22). The highest BCUT2D eigenvalue weighted by molar-refractivity contribution is 7.10. The maximum absolute atomic E-state index is 4.78. The van der Waals surface area contributed by atoms with Gasteiger partial charge in [0, 0.05) is 36.0 Å². The molecule has 0 unspecified atom stereocenters. The van der Waals surface area contributed by atoms with Crippen LogP contribution in [-0.2, 0) is 11.8 Å². The van der Waals surface area contributed by atoms with E-state index in [0.717, 1.165) is 43.5 Å². The molecule has 0 amide bonds. The van der Waals surface area contributed by atoms with Crippen LogP contribution in [0.25, 0.3) is 5.65 Å². The van der Waals surface area contributed by atoms with Crippen molar-refractivity contribution in [3.8, 4) is 0 Å². The van der Waals surface area contributed by atoms with E-state index in [2.05, 4.69) is 59.1 Å². The zero-order valence-electron chi connectivity index (χ0n) is 15.6. The van der Waals surface area contributed by atoms with E-state index in [1.54, 1.807) is 11.3 Å². The fourth-order valence-corrected chi connectivity index (χ4v) is 3.56. The van der Waals surface area contributed by atoms with Crippen LogP contribution in [0.15, 0.2) is 46.9 Å². The molecule has 3 rings (SSSR count). The lowest BCUT2D eigenvalue weighted by molar-refractivity contribution is 0.548. The van der Waals surface area contributed by atoms with Crippen molar-refractivity contribution in [2.45, 2.75) is 32.6 Å². The first-order valence-corrected chi connectivity index (χ1v) is 9.83.